The minimum absolute atomic E-state index is 0.0313. The average molecular weight is 672 g/mol. The number of rotatable bonds is 3. The molecule has 1 saturated heterocycles. The predicted octanol–water partition coefficient (Wildman–Crippen LogP) is 5.21. The summed E-state index contributed by atoms with van der Waals surface area (Å²) in [4.78, 5) is 55.0. The van der Waals surface area contributed by atoms with Crippen LogP contribution >= 0.6 is 0 Å². The fourth-order valence-corrected chi connectivity index (χ4v) is 6.76. The van der Waals surface area contributed by atoms with Crippen LogP contribution < -0.4 is 14.7 Å². The van der Waals surface area contributed by atoms with E-state index in [-0.39, 0.29) is 56.4 Å². The number of anilines is 3. The molecule has 3 aliphatic rings. The maximum Gasteiger partial charge on any atom is 0.416 e. The van der Waals surface area contributed by atoms with Gasteiger partial charge in [-0.3, -0.25) is 19.4 Å². The van der Waals surface area contributed by atoms with E-state index in [0.29, 0.717) is 17.2 Å². The van der Waals surface area contributed by atoms with Crippen molar-refractivity contribution in [1.82, 2.24) is 19.4 Å². The highest BCUT2D eigenvalue weighted by Gasteiger charge is 2.49. The summed E-state index contributed by atoms with van der Waals surface area (Å²) in [5.74, 6) is -2.12. The lowest BCUT2D eigenvalue weighted by Gasteiger charge is -2.39. The van der Waals surface area contributed by atoms with Crippen molar-refractivity contribution in [3.63, 3.8) is 0 Å². The van der Waals surface area contributed by atoms with Gasteiger partial charge in [0.2, 0.25) is 17.8 Å². The number of likely N-dealkylation sites (N-methyl/N-ethyl adjacent to an activating group) is 1. The molecular weight excluding hydrogens is 634 g/mol. The molecule has 5 heterocycles. The summed E-state index contributed by atoms with van der Waals surface area (Å²) in [5.41, 5.74) is 0.430. The summed E-state index contributed by atoms with van der Waals surface area (Å²) in [7, 11) is 1.55. The molecule has 11 nitrogen and oxygen atoms in total. The molecule has 3 aromatic rings. The maximum atomic E-state index is 16.0. The predicted molar refractivity (Wildman–Crippen MR) is 168 cm³/mol. The smallest absolute Gasteiger partial charge is 0.416 e. The van der Waals surface area contributed by atoms with Gasteiger partial charge in [-0.15, -0.1) is 0 Å². The van der Waals surface area contributed by atoms with Crippen molar-refractivity contribution in [2.45, 2.75) is 78.5 Å². The number of aryl methyl sites for hydroxylation is 2. The van der Waals surface area contributed by atoms with E-state index in [1.807, 2.05) is 17.9 Å². The fraction of sp³-hybridized carbons (Fsp3) is 0.485. The molecule has 15 heteroatoms. The Morgan fingerprint density at radius 2 is 1.79 bits per heavy atom. The third-order valence-corrected chi connectivity index (χ3v) is 8.85. The number of hydrogen-bond acceptors (Lipinski definition) is 7. The number of ether oxygens (including phenoxy) is 1. The Hall–Kier alpha value is -4.69. The third kappa shape index (κ3) is 6.05. The largest absolute Gasteiger partial charge is 0.444 e. The van der Waals surface area contributed by atoms with E-state index < -0.39 is 53.2 Å². The van der Waals surface area contributed by atoms with Gasteiger partial charge in [-0.05, 0) is 58.4 Å². The van der Waals surface area contributed by atoms with Gasteiger partial charge >= 0.3 is 12.3 Å². The van der Waals surface area contributed by atoms with Crippen LogP contribution in [0.3, 0.4) is 0 Å². The van der Waals surface area contributed by atoms with Crippen LogP contribution in [-0.2, 0) is 40.1 Å². The van der Waals surface area contributed by atoms with Gasteiger partial charge in [-0.25, -0.2) is 14.8 Å². The first-order chi connectivity index (χ1) is 22.4. The van der Waals surface area contributed by atoms with Gasteiger partial charge in [0, 0.05) is 44.7 Å². The number of nitrogens with zero attached hydrogens (tertiary/aromatic N) is 7. The topological polar surface area (TPSA) is 104 Å². The highest BCUT2D eigenvalue weighted by atomic mass is 19.4. The van der Waals surface area contributed by atoms with Crippen molar-refractivity contribution in [2.75, 3.05) is 34.8 Å². The second-order valence-corrected chi connectivity index (χ2v) is 13.6. The van der Waals surface area contributed by atoms with E-state index in [9.17, 15) is 27.6 Å². The summed E-state index contributed by atoms with van der Waals surface area (Å²) < 4.78 is 64.1. The summed E-state index contributed by atoms with van der Waals surface area (Å²) in [6, 6.07) is 5.88. The Balaban J connectivity index is 1.37. The first kappa shape index (κ1) is 33.2. The lowest BCUT2D eigenvalue weighted by molar-refractivity contribution is -0.137. The van der Waals surface area contributed by atoms with E-state index >= 15 is 4.39 Å². The van der Waals surface area contributed by atoms with Crippen LogP contribution in [0.1, 0.15) is 55.5 Å². The molecule has 6 rings (SSSR count). The highest BCUT2D eigenvalue weighted by molar-refractivity contribution is 6.10. The summed E-state index contributed by atoms with van der Waals surface area (Å²) >= 11 is 0. The number of benzene rings is 1. The van der Waals surface area contributed by atoms with Gasteiger partial charge in [-0.1, -0.05) is 12.1 Å². The molecule has 0 bridgehead atoms. The monoisotopic (exact) mass is 671 g/mol. The maximum absolute atomic E-state index is 16.0. The first-order valence-electron chi connectivity index (χ1n) is 15.6. The molecule has 2 aromatic heterocycles. The Kier molecular flexibility index (Phi) is 8.15. The number of para-hydroxylation sites is 1. The molecule has 1 fully saturated rings. The van der Waals surface area contributed by atoms with Crippen LogP contribution in [0.5, 0.6) is 0 Å². The van der Waals surface area contributed by atoms with Crippen LogP contribution in [-0.4, -0.2) is 69.1 Å². The molecule has 1 aromatic carbocycles. The molecule has 3 aliphatic heterocycles. The third-order valence-electron chi connectivity index (χ3n) is 8.85. The number of imidazole rings is 1. The van der Waals surface area contributed by atoms with Gasteiger partial charge in [-0.2, -0.15) is 17.6 Å². The number of aromatic nitrogens is 3. The van der Waals surface area contributed by atoms with E-state index in [1.165, 1.54) is 21.3 Å². The number of pyridine rings is 1. The fourth-order valence-electron chi connectivity index (χ4n) is 6.76. The standard InChI is InChI=1S/C33H37F4N7O4/c1-18-8-7-9-23-27(18)42(16-22-29(34)43-11-10-41(17-25(43)39-22)31(47)48-32(3,4)5)15-20-13-26(45)44(28(20)30(46)40(23)6)24-14-21(33(35,36)37)12-19(2)38-24/h7-9,12,14,20,28H,10-11,13,15-17H2,1-6H3/t20-,28+/m1/s1. The zero-order valence-corrected chi connectivity index (χ0v) is 27.6. The van der Waals surface area contributed by atoms with Crippen LogP contribution in [0.2, 0.25) is 0 Å². The number of carbonyl (C=O) groups excluding carboxylic acids is 3. The van der Waals surface area contributed by atoms with Gasteiger partial charge in [0.25, 0.3) is 0 Å². The van der Waals surface area contributed by atoms with Crippen molar-refractivity contribution >= 4 is 35.1 Å². The zero-order chi connectivity index (χ0) is 34.9. The molecule has 3 amide bonds. The van der Waals surface area contributed by atoms with Gasteiger partial charge in [0.05, 0.1) is 30.0 Å². The second kappa shape index (κ2) is 11.8. The Labute approximate surface area is 275 Å². The molecule has 0 aliphatic carbocycles. The normalized spacial score (nSPS) is 20.0. The molecule has 2 atom stereocenters. The molecule has 0 saturated carbocycles. The Bertz CT molecular complexity index is 1800. The summed E-state index contributed by atoms with van der Waals surface area (Å²) in [5, 5.41) is 0. The van der Waals surface area contributed by atoms with Crippen LogP contribution in [0.4, 0.5) is 39.5 Å². The SMILES string of the molecule is Cc1cc(C(F)(F)F)cc(N2C(=O)C[C@@H]3CN(Cc4nc5n(c4F)CCN(C(=O)OC(C)(C)C)C5)c4c(C)cccc4N(C)C(=O)[C@H]32)n1. The summed E-state index contributed by atoms with van der Waals surface area (Å²) in [6.45, 7) is 9.09. The molecular formula is C33H37F4N7O4. The van der Waals surface area contributed by atoms with Crippen molar-refractivity contribution in [3.8, 4) is 0 Å². The minimum Gasteiger partial charge on any atom is -0.444 e. The molecule has 0 spiro atoms. The van der Waals surface area contributed by atoms with Crippen LogP contribution in [0.15, 0.2) is 30.3 Å². The molecule has 0 unspecified atom stereocenters. The lowest BCUT2D eigenvalue weighted by Crippen LogP contribution is -2.52. The van der Waals surface area contributed by atoms with E-state index in [4.69, 9.17) is 4.74 Å². The lowest BCUT2D eigenvalue weighted by atomic mass is 9.95. The van der Waals surface area contributed by atoms with E-state index in [2.05, 4.69) is 9.97 Å². The van der Waals surface area contributed by atoms with Crippen molar-refractivity contribution < 1.29 is 36.7 Å². The quantitative estimate of drug-likeness (QED) is 0.353. The minimum atomic E-state index is -4.68. The molecule has 256 valence electrons. The number of halogens is 4. The second-order valence-electron chi connectivity index (χ2n) is 13.6. The van der Waals surface area contributed by atoms with Crippen molar-refractivity contribution in [2.24, 2.45) is 5.92 Å². The summed E-state index contributed by atoms with van der Waals surface area (Å²) in [6.07, 6.45) is -5.34. The number of alkyl halides is 3. The number of amides is 3. The highest BCUT2D eigenvalue weighted by Crippen LogP contribution is 2.42. The van der Waals surface area contributed by atoms with Crippen molar-refractivity contribution in [3.05, 3.63) is 64.6 Å². The first-order valence-corrected chi connectivity index (χ1v) is 15.6. The molecule has 48 heavy (non-hydrogen) atoms. The number of fused-ring (bicyclic) bond motifs is 3. The Morgan fingerprint density at radius 3 is 2.48 bits per heavy atom. The van der Waals surface area contributed by atoms with Gasteiger partial charge in [0.15, 0.2) is 0 Å². The zero-order valence-electron chi connectivity index (χ0n) is 27.6. The van der Waals surface area contributed by atoms with Crippen LogP contribution in [0, 0.1) is 25.7 Å². The van der Waals surface area contributed by atoms with Crippen LogP contribution in [0.25, 0.3) is 0 Å². The van der Waals surface area contributed by atoms with Gasteiger partial charge in [0.1, 0.15) is 29.0 Å². The molecule has 0 N–H and O–H groups in total. The number of hydrogen-bond donors (Lipinski definition) is 0. The van der Waals surface area contributed by atoms with Gasteiger partial charge < -0.3 is 19.1 Å². The van der Waals surface area contributed by atoms with Crippen molar-refractivity contribution in [1.29, 1.82) is 0 Å². The Morgan fingerprint density at radius 1 is 1.06 bits per heavy atom. The average Bonchev–Trinajstić information content (AvgIpc) is 3.48. The number of carbonyl (C=O) groups is 3. The van der Waals surface area contributed by atoms with E-state index in [0.717, 1.165) is 22.6 Å². The molecule has 0 radical (unpaired) electrons. The van der Waals surface area contributed by atoms with E-state index in [1.54, 1.807) is 40.0 Å².